The molecule has 11 nitrogen and oxygen atoms in total. The second-order valence-electron chi connectivity index (χ2n) is 12.7. The monoisotopic (exact) mass is 722 g/mol. The maximum atomic E-state index is 14.0. The summed E-state index contributed by atoms with van der Waals surface area (Å²) in [4.78, 5) is 68.6. The van der Waals surface area contributed by atoms with Crippen LogP contribution in [0.1, 0.15) is 28.3 Å². The van der Waals surface area contributed by atoms with Gasteiger partial charge in [0.1, 0.15) is 5.75 Å². The number of nitro groups is 1. The van der Waals surface area contributed by atoms with E-state index in [0.29, 0.717) is 22.8 Å². The number of halogens is 3. The second kappa shape index (κ2) is 11.8. The highest BCUT2D eigenvalue weighted by Gasteiger charge is 2.70. The van der Waals surface area contributed by atoms with E-state index in [2.05, 4.69) is 10.3 Å². The van der Waals surface area contributed by atoms with Crippen LogP contribution in [0, 0.1) is 39.7 Å². The van der Waals surface area contributed by atoms with Crippen LogP contribution >= 0.6 is 23.1 Å². The smallest absolute Gasteiger partial charge is 0.418 e. The lowest BCUT2D eigenvalue weighted by atomic mass is 9.68. The summed E-state index contributed by atoms with van der Waals surface area (Å²) in [5.74, 6) is -3.50. The molecule has 8 rings (SSSR count). The first-order chi connectivity index (χ1) is 23.9. The first kappa shape index (κ1) is 32.3. The topological polar surface area (TPSA) is 152 Å². The molecule has 50 heavy (non-hydrogen) atoms. The number of imide groups is 1. The molecule has 0 spiro atoms. The number of carbonyl (C=O) groups is 3. The zero-order chi connectivity index (χ0) is 35.1. The number of nitrogens with one attached hydrogen (secondary N) is 2. The van der Waals surface area contributed by atoms with Gasteiger partial charge in [-0.25, -0.2) is 0 Å². The van der Waals surface area contributed by atoms with Crippen LogP contribution in [0.25, 0.3) is 0 Å². The van der Waals surface area contributed by atoms with Gasteiger partial charge in [0.2, 0.25) is 11.8 Å². The highest BCUT2D eigenvalue weighted by Crippen LogP contribution is 2.69. The van der Waals surface area contributed by atoms with E-state index < -0.39 is 52.6 Å². The van der Waals surface area contributed by atoms with E-state index in [4.69, 9.17) is 4.74 Å². The molecule has 3 fully saturated rings. The molecule has 2 saturated carbocycles. The second-order valence-corrected chi connectivity index (χ2v) is 14.9. The summed E-state index contributed by atoms with van der Waals surface area (Å²) < 4.78 is 46.5. The number of para-hydroxylation sites is 2. The van der Waals surface area contributed by atoms with Gasteiger partial charge in [0.05, 0.1) is 38.7 Å². The predicted molar refractivity (Wildman–Crippen MR) is 176 cm³/mol. The molecule has 6 unspecified atom stereocenters. The fourth-order valence-corrected chi connectivity index (χ4v) is 11.3. The number of anilines is 2. The van der Waals surface area contributed by atoms with Gasteiger partial charge in [-0.05, 0) is 54.5 Å². The fraction of sp³-hybridized carbons (Fsp3) is 0.294. The lowest BCUT2D eigenvalue weighted by Crippen LogP contribution is -2.42. The molecule has 3 aromatic carbocycles. The third kappa shape index (κ3) is 5.11. The van der Waals surface area contributed by atoms with Crippen LogP contribution in [0.4, 0.5) is 30.2 Å². The van der Waals surface area contributed by atoms with Crippen LogP contribution in [0.5, 0.6) is 5.75 Å². The molecule has 256 valence electrons. The Hall–Kier alpha value is -4.96. The Balaban J connectivity index is 1.10. The number of hydrogen-bond acceptors (Lipinski definition) is 9. The number of nitrogens with zero attached hydrogens (tertiary/aromatic N) is 2. The molecule has 3 heterocycles. The molecule has 4 aromatic rings. The average molecular weight is 723 g/mol. The first-order valence-electron chi connectivity index (χ1n) is 15.6. The van der Waals surface area contributed by atoms with E-state index in [9.17, 15) is 42.5 Å². The van der Waals surface area contributed by atoms with E-state index in [0.717, 1.165) is 33.2 Å². The van der Waals surface area contributed by atoms with Crippen molar-refractivity contribution in [1.82, 2.24) is 4.98 Å². The van der Waals surface area contributed by atoms with Crippen LogP contribution in [0.3, 0.4) is 0 Å². The number of hydrogen-bond donors (Lipinski definition) is 2. The molecule has 2 N–H and O–H groups in total. The summed E-state index contributed by atoms with van der Waals surface area (Å²) in [6.07, 6.45) is -4.06. The number of thiazole rings is 1. The Kier molecular flexibility index (Phi) is 7.63. The normalized spacial score (nSPS) is 26.4. The molecule has 16 heteroatoms. The van der Waals surface area contributed by atoms with E-state index in [1.807, 2.05) is 6.07 Å². The van der Waals surface area contributed by atoms with E-state index >= 15 is 0 Å². The van der Waals surface area contributed by atoms with Crippen LogP contribution < -0.4 is 19.8 Å². The Labute approximate surface area is 289 Å². The summed E-state index contributed by atoms with van der Waals surface area (Å²) in [7, 11) is 0. The number of rotatable bonds is 7. The minimum atomic E-state index is -4.67. The molecule has 1 aromatic heterocycles. The van der Waals surface area contributed by atoms with Gasteiger partial charge in [0, 0.05) is 33.7 Å². The summed E-state index contributed by atoms with van der Waals surface area (Å²) in [6.45, 7) is -0.594. The van der Waals surface area contributed by atoms with Gasteiger partial charge >= 0.3 is 11.0 Å². The van der Waals surface area contributed by atoms with Gasteiger partial charge in [-0.15, -0.1) is 11.8 Å². The lowest BCUT2D eigenvalue weighted by molar-refractivity contribution is -0.384. The van der Waals surface area contributed by atoms with Gasteiger partial charge in [0.25, 0.3) is 11.6 Å². The number of thioether (sulfide) groups is 1. The molecule has 2 aliphatic heterocycles. The summed E-state index contributed by atoms with van der Waals surface area (Å²) >= 11 is 2.54. The number of carbonyl (C=O) groups excluding carboxylic acids is 3. The number of alkyl halides is 3. The molecule has 2 bridgehead atoms. The third-order valence-corrected chi connectivity index (χ3v) is 12.8. The van der Waals surface area contributed by atoms with Crippen molar-refractivity contribution in [1.29, 1.82) is 0 Å². The molecule has 1 saturated heterocycles. The van der Waals surface area contributed by atoms with Crippen molar-refractivity contribution in [3.63, 3.8) is 0 Å². The molecule has 3 amide bonds. The lowest BCUT2D eigenvalue weighted by Gasteiger charge is -2.43. The number of aromatic nitrogens is 1. The quantitative estimate of drug-likeness (QED) is 0.133. The van der Waals surface area contributed by atoms with E-state index in [-0.39, 0.29) is 51.1 Å². The van der Waals surface area contributed by atoms with Gasteiger partial charge in [-0.1, -0.05) is 41.7 Å². The highest BCUT2D eigenvalue weighted by molar-refractivity contribution is 8.00. The maximum absolute atomic E-state index is 14.0. The molecule has 7 atom stereocenters. The number of nitro benzene ring substituents is 1. The largest absolute Gasteiger partial charge is 0.483 e. The van der Waals surface area contributed by atoms with Crippen molar-refractivity contribution in [3.05, 3.63) is 109 Å². The first-order valence-corrected chi connectivity index (χ1v) is 17.3. The minimum Gasteiger partial charge on any atom is -0.483 e. The predicted octanol–water partition coefficient (Wildman–Crippen LogP) is 6.06. The van der Waals surface area contributed by atoms with Crippen LogP contribution in [-0.4, -0.2) is 39.5 Å². The number of amides is 3. The Morgan fingerprint density at radius 3 is 2.38 bits per heavy atom. The summed E-state index contributed by atoms with van der Waals surface area (Å²) in [5, 5.41) is 14.0. The van der Waals surface area contributed by atoms with E-state index in [1.165, 1.54) is 48.2 Å². The highest BCUT2D eigenvalue weighted by atomic mass is 32.2. The molecular formula is C34H25F3N4O7S2. The van der Waals surface area contributed by atoms with Crippen molar-refractivity contribution < 1.29 is 37.2 Å². The third-order valence-electron chi connectivity index (χ3n) is 10.2. The minimum absolute atomic E-state index is 0.146. The Bertz CT molecular complexity index is 2140. The molecule has 4 aliphatic rings. The molecular weight excluding hydrogens is 698 g/mol. The number of ether oxygens (including phenoxy) is 1. The van der Waals surface area contributed by atoms with Crippen molar-refractivity contribution in [2.45, 2.75) is 28.8 Å². The molecule has 2 aliphatic carbocycles. The van der Waals surface area contributed by atoms with Gasteiger partial charge in [-0.2, -0.15) is 13.2 Å². The van der Waals surface area contributed by atoms with Crippen molar-refractivity contribution in [2.75, 3.05) is 16.8 Å². The van der Waals surface area contributed by atoms with Gasteiger partial charge in [0.15, 0.2) is 6.61 Å². The number of aromatic amines is 1. The maximum Gasteiger partial charge on any atom is 0.418 e. The summed E-state index contributed by atoms with van der Waals surface area (Å²) in [5.41, 5.74) is -0.634. The van der Waals surface area contributed by atoms with Crippen molar-refractivity contribution >= 4 is 57.9 Å². The Morgan fingerprint density at radius 1 is 0.980 bits per heavy atom. The van der Waals surface area contributed by atoms with Crippen molar-refractivity contribution in [3.8, 4) is 5.75 Å². The van der Waals surface area contributed by atoms with Crippen LogP contribution in [0.2, 0.25) is 0 Å². The average Bonchev–Trinajstić information content (AvgIpc) is 3.82. The summed E-state index contributed by atoms with van der Waals surface area (Å²) in [6, 6.07) is 16.9. The number of non-ortho nitro benzene ring substituents is 1. The van der Waals surface area contributed by atoms with Gasteiger partial charge < -0.3 is 15.0 Å². The standard InChI is InChI=1S/C34H25F3N4O7S2/c35-34(36,37)20-6-2-3-7-21(20)38-23(42)14-48-22-8-4-1-5-17(22)24-25-18-13-19(28(25)49-30-29(24)50-33(45)39-30)27-26(18)31(43)40(32(27)44)15-9-11-16(12-10-15)41(46)47/h1-12,18-19,24-28H,13-14H2,(H,38,42)(H,39,45)/t18?,19?,24-,25?,26?,27?,28?/m1/s1. The Morgan fingerprint density at radius 2 is 1.66 bits per heavy atom. The zero-order valence-corrected chi connectivity index (χ0v) is 27.2. The zero-order valence-electron chi connectivity index (χ0n) is 25.6. The number of benzene rings is 3. The number of fused-ring (bicyclic) bond motifs is 9. The van der Waals surface area contributed by atoms with Crippen LogP contribution in [0.15, 0.2) is 82.6 Å². The number of H-pyrrole nitrogens is 1. The van der Waals surface area contributed by atoms with Crippen LogP contribution in [-0.2, 0) is 20.6 Å². The van der Waals surface area contributed by atoms with E-state index in [1.54, 1.807) is 18.2 Å². The SMILES string of the molecule is O=C(COc1ccccc1[C@H]1c2sc(=O)[nH]c2SC2C3CC(C4C(=O)N(c5ccc([N+](=O)[O-])cc5)C(=O)C34)C21)Nc1ccccc1C(F)(F)F. The molecule has 0 radical (unpaired) electrons. The fourth-order valence-electron chi connectivity index (χ4n) is 8.38. The van der Waals surface area contributed by atoms with Gasteiger partial charge in [-0.3, -0.25) is 34.2 Å². The van der Waals surface area contributed by atoms with Crippen molar-refractivity contribution in [2.24, 2.45) is 29.6 Å².